The minimum absolute atomic E-state index is 0.0215. The highest BCUT2D eigenvalue weighted by molar-refractivity contribution is 9.10. The van der Waals surface area contributed by atoms with Gasteiger partial charge in [0.2, 0.25) is 11.9 Å². The fourth-order valence-corrected chi connectivity index (χ4v) is 0.827. The Morgan fingerprint density at radius 2 is 2.00 bits per heavy atom. The molecule has 1 aromatic rings. The molecule has 0 aliphatic rings. The number of rotatable bonds is 2. The predicted octanol–water partition coefficient (Wildman–Crippen LogP) is 1.29. The maximum Gasteiger partial charge on any atom is 0.262 e. The van der Waals surface area contributed by atoms with Gasteiger partial charge in [0.05, 0.1) is 0 Å². The first-order chi connectivity index (χ1) is 5.63. The summed E-state index contributed by atoms with van der Waals surface area (Å²) in [6.07, 6.45) is 0. The van der Waals surface area contributed by atoms with E-state index in [4.69, 9.17) is 29.3 Å². The smallest absolute Gasteiger partial charge is 0.262 e. The second-order valence-electron chi connectivity index (χ2n) is 1.64. The Labute approximate surface area is 86.6 Å². The van der Waals surface area contributed by atoms with E-state index in [0.717, 1.165) is 0 Å². The van der Waals surface area contributed by atoms with Crippen LogP contribution in [0.3, 0.4) is 0 Å². The van der Waals surface area contributed by atoms with Gasteiger partial charge >= 0.3 is 0 Å². The number of nitrogen functional groups attached to an aromatic ring is 1. The molecule has 0 aliphatic heterocycles. The molecule has 0 spiro atoms. The van der Waals surface area contributed by atoms with Crippen LogP contribution in [0, 0.1) is 0 Å². The number of nitrogens with zero attached hydrogens (tertiary/aromatic N) is 4. The lowest BCUT2D eigenvalue weighted by molar-refractivity contribution is 1.08. The van der Waals surface area contributed by atoms with E-state index in [1.807, 2.05) is 0 Å². The van der Waals surface area contributed by atoms with Crippen LogP contribution >= 0.6 is 39.7 Å². The lowest BCUT2D eigenvalue weighted by Gasteiger charge is -2.04. The van der Waals surface area contributed by atoms with Crippen LogP contribution in [0.1, 0.15) is 0 Å². The summed E-state index contributed by atoms with van der Waals surface area (Å²) in [5.74, 6) is 0.296. The average molecular weight is 274 g/mol. The molecule has 0 saturated heterocycles. The van der Waals surface area contributed by atoms with Crippen molar-refractivity contribution >= 4 is 57.5 Å². The van der Waals surface area contributed by atoms with E-state index >= 15 is 0 Å². The zero-order chi connectivity index (χ0) is 9.14. The predicted molar refractivity (Wildman–Crippen MR) is 51.0 cm³/mol. The van der Waals surface area contributed by atoms with E-state index in [2.05, 4.69) is 35.4 Å². The van der Waals surface area contributed by atoms with Crippen molar-refractivity contribution in [1.29, 1.82) is 0 Å². The molecule has 0 radical (unpaired) electrons. The van der Waals surface area contributed by atoms with Crippen LogP contribution in [0.15, 0.2) is 0 Å². The van der Waals surface area contributed by atoms with Crippen molar-refractivity contribution < 1.29 is 0 Å². The van der Waals surface area contributed by atoms with E-state index in [0.29, 0.717) is 3.94 Å². The van der Waals surface area contributed by atoms with Crippen molar-refractivity contribution in [3.8, 4) is 0 Å². The Balaban J connectivity index is 3.06. The average Bonchev–Trinajstić information content (AvgIpc) is 2.03. The summed E-state index contributed by atoms with van der Waals surface area (Å²) < 4.78 is 3.18. The highest BCUT2D eigenvalue weighted by atomic mass is 79.9. The topological polar surface area (TPSA) is 80.0 Å². The zero-order valence-electron chi connectivity index (χ0n) is 5.50. The van der Waals surface area contributed by atoms with Gasteiger partial charge in [0.1, 0.15) is 0 Å². The summed E-state index contributed by atoms with van der Waals surface area (Å²) in [6.45, 7) is 0. The van der Waals surface area contributed by atoms with Gasteiger partial charge in [0, 0.05) is 39.7 Å². The van der Waals surface area contributed by atoms with E-state index in [-0.39, 0.29) is 17.8 Å². The van der Waals surface area contributed by atoms with Crippen molar-refractivity contribution in [1.82, 2.24) is 15.0 Å². The van der Waals surface area contributed by atoms with Gasteiger partial charge in [-0.05, 0) is 0 Å². The molecule has 6 nitrogen and oxygen atoms in total. The molecule has 9 heteroatoms. The van der Waals surface area contributed by atoms with Crippen molar-refractivity contribution in [3.05, 3.63) is 0 Å². The van der Waals surface area contributed by atoms with E-state index in [1.54, 1.807) is 0 Å². The van der Waals surface area contributed by atoms with Gasteiger partial charge in [-0.1, -0.05) is 0 Å². The summed E-state index contributed by atoms with van der Waals surface area (Å²) in [5.41, 5.74) is 5.31. The molecular formula is C3H3BrCl2N6. The van der Waals surface area contributed by atoms with Crippen molar-refractivity contribution in [2.75, 3.05) is 14.0 Å². The largest absolute Gasteiger partial charge is 0.368 e. The number of halogens is 3. The molecule has 1 aromatic heterocycles. The van der Waals surface area contributed by atoms with Crippen molar-refractivity contribution in [2.45, 2.75) is 0 Å². The third-order valence-corrected chi connectivity index (χ3v) is 1.53. The van der Waals surface area contributed by atoms with Crippen molar-refractivity contribution in [3.63, 3.8) is 0 Å². The van der Waals surface area contributed by atoms with Gasteiger partial charge in [0.25, 0.3) is 5.95 Å². The summed E-state index contributed by atoms with van der Waals surface area (Å²) >= 11 is 13.6. The Morgan fingerprint density at radius 1 is 1.33 bits per heavy atom. The highest BCUT2D eigenvalue weighted by Gasteiger charge is 2.07. The van der Waals surface area contributed by atoms with Gasteiger partial charge in [-0.15, -0.1) is 0 Å². The van der Waals surface area contributed by atoms with E-state index in [9.17, 15) is 0 Å². The monoisotopic (exact) mass is 272 g/mol. The third kappa shape index (κ3) is 2.23. The lowest BCUT2D eigenvalue weighted by Crippen LogP contribution is -2.06. The second kappa shape index (κ2) is 3.92. The highest BCUT2D eigenvalue weighted by Crippen LogP contribution is 2.15. The Hall–Kier alpha value is -0.530. The van der Waals surface area contributed by atoms with Crippen LogP contribution in [-0.4, -0.2) is 15.0 Å². The first-order valence-corrected chi connectivity index (χ1v) is 4.10. The number of aromatic nitrogens is 3. The molecule has 0 atom stereocenters. The molecule has 1 rings (SSSR count). The number of nitrogens with one attached hydrogen (secondary N) is 1. The molecule has 0 amide bonds. The summed E-state index contributed by atoms with van der Waals surface area (Å²) in [7, 11) is 0. The molecule has 0 saturated carbocycles. The SMILES string of the molecule is Nc1nc(NBr)nc(N(Cl)Cl)n1. The second-order valence-corrected chi connectivity index (χ2v) is 2.89. The van der Waals surface area contributed by atoms with Crippen LogP contribution in [-0.2, 0) is 0 Å². The molecule has 0 aromatic carbocycles. The molecule has 0 bridgehead atoms. The standard InChI is InChI=1S/C3H3BrCl2N6/c4-11-2-8-1(7)9-3(10-2)12(5)6/h(H3,7,8,9,10,11). The first-order valence-electron chi connectivity index (χ1n) is 2.63. The Bertz CT molecular complexity index is 279. The first kappa shape index (κ1) is 9.56. The van der Waals surface area contributed by atoms with Crippen molar-refractivity contribution in [2.24, 2.45) is 0 Å². The van der Waals surface area contributed by atoms with Gasteiger partial charge in [-0.3, -0.25) is 4.34 Å². The van der Waals surface area contributed by atoms with Crippen LogP contribution in [0.2, 0.25) is 0 Å². The summed E-state index contributed by atoms with van der Waals surface area (Å²) in [4.78, 5) is 11.1. The number of hydrogen-bond acceptors (Lipinski definition) is 6. The maximum atomic E-state index is 5.35. The van der Waals surface area contributed by atoms with Crippen LogP contribution in [0.4, 0.5) is 17.8 Å². The summed E-state index contributed by atoms with van der Waals surface area (Å²) in [6, 6.07) is 0. The molecule has 3 N–H and O–H groups in total. The third-order valence-electron chi connectivity index (χ3n) is 0.877. The Morgan fingerprint density at radius 3 is 2.50 bits per heavy atom. The van der Waals surface area contributed by atoms with E-state index in [1.165, 1.54) is 0 Å². The number of nitrogens with two attached hydrogens (primary N) is 1. The maximum absolute atomic E-state index is 5.35. The number of anilines is 3. The fourth-order valence-electron chi connectivity index (χ4n) is 0.499. The lowest BCUT2D eigenvalue weighted by atomic mass is 10.8. The van der Waals surface area contributed by atoms with Crippen LogP contribution in [0.25, 0.3) is 0 Å². The molecule has 0 aliphatic carbocycles. The van der Waals surface area contributed by atoms with E-state index < -0.39 is 0 Å². The minimum atomic E-state index is 0.0215. The van der Waals surface area contributed by atoms with Crippen LogP contribution < -0.4 is 14.0 Å². The van der Waals surface area contributed by atoms with Crippen LogP contribution in [0.5, 0.6) is 0 Å². The fraction of sp³-hybridized carbons (Fsp3) is 0. The van der Waals surface area contributed by atoms with Gasteiger partial charge < -0.3 is 5.73 Å². The molecule has 66 valence electrons. The minimum Gasteiger partial charge on any atom is -0.368 e. The summed E-state index contributed by atoms with van der Waals surface area (Å²) in [5, 5.41) is 0. The normalized spacial score (nSPS) is 9.58. The molecule has 0 fully saturated rings. The zero-order valence-corrected chi connectivity index (χ0v) is 8.60. The van der Waals surface area contributed by atoms with Gasteiger partial charge in [-0.25, -0.2) is 0 Å². The molecule has 1 heterocycles. The van der Waals surface area contributed by atoms with Gasteiger partial charge in [-0.2, -0.15) is 18.9 Å². The number of hydrogen-bond donors (Lipinski definition) is 2. The molecular weight excluding hydrogens is 271 g/mol. The molecule has 0 unspecified atom stereocenters. The molecule has 12 heavy (non-hydrogen) atoms. The van der Waals surface area contributed by atoms with Gasteiger partial charge in [0.15, 0.2) is 0 Å². The quantitative estimate of drug-likeness (QED) is 0.791. The Kier molecular flexibility index (Phi) is 3.12.